The normalized spacial score (nSPS) is 29.0. The van der Waals surface area contributed by atoms with E-state index in [9.17, 15) is 0 Å². The second-order valence-corrected chi connectivity index (χ2v) is 33.9. The third kappa shape index (κ3) is 42.6. The molecule has 0 aromatic heterocycles. The molecule has 17 rings (SSSR count). The molecule has 6 atom stereocenters. The monoisotopic (exact) mass is 1490 g/mol. The molecule has 17 fully saturated rings. The van der Waals surface area contributed by atoms with Crippen molar-refractivity contribution in [1.29, 1.82) is 0 Å². The smallest absolute Gasteiger partial charge is 0.0130 e. The fraction of sp³-hybridized carbons (Fsp3) is 1.00. The predicted octanol–water partition coefficient (Wildman–Crippen LogP) is 30.4. The van der Waals surface area contributed by atoms with Gasteiger partial charge in [-0.3, -0.25) is 34.3 Å². The van der Waals surface area contributed by atoms with Crippen molar-refractivity contribution in [2.24, 2.45) is 35.5 Å². The summed E-state index contributed by atoms with van der Waals surface area (Å²) < 4.78 is 0. The number of rotatable bonds is 3. The summed E-state index contributed by atoms with van der Waals surface area (Å²) in [5.41, 5.74) is 1.66. The van der Waals surface area contributed by atoms with Crippen LogP contribution in [0, 0.1) is 35.5 Å². The van der Waals surface area contributed by atoms with Gasteiger partial charge in [-0.25, -0.2) is 0 Å². The van der Waals surface area contributed by atoms with Gasteiger partial charge in [-0.1, -0.05) is 213 Å². The zero-order chi connectivity index (χ0) is 83.8. The van der Waals surface area contributed by atoms with Gasteiger partial charge in [0.05, 0.1) is 0 Å². The number of fused-ring (bicyclic) bond motifs is 14. The topological polar surface area (TPSA) is 22.7 Å². The minimum Gasteiger partial charge on any atom is -0.298 e. The van der Waals surface area contributed by atoms with Gasteiger partial charge in [-0.15, -0.1) is 0 Å². The molecule has 14 aliphatic heterocycles. The van der Waals surface area contributed by atoms with Crippen LogP contribution in [0.15, 0.2) is 0 Å². The third-order valence-electron chi connectivity index (χ3n) is 23.0. The Labute approximate surface area is 672 Å². The maximum absolute atomic E-state index is 2.75. The molecule has 0 N–H and O–H groups in total. The fourth-order valence-corrected chi connectivity index (χ4v) is 19.3. The third-order valence-corrected chi connectivity index (χ3v) is 23.0. The van der Waals surface area contributed by atoms with Crippen molar-refractivity contribution in [2.75, 3.05) is 39.3 Å². The summed E-state index contributed by atoms with van der Waals surface area (Å²) >= 11 is 0. The van der Waals surface area contributed by atoms with E-state index in [0.717, 1.165) is 102 Å². The second kappa shape index (κ2) is 68.2. The molecule has 14 saturated heterocycles. The number of hydrogen-bond acceptors (Lipinski definition) is 7. The highest BCUT2D eigenvalue weighted by atomic mass is 15.3. The largest absolute Gasteiger partial charge is 0.298 e. The maximum Gasteiger partial charge on any atom is 0.0130 e. The molecule has 644 valence electrons. The number of hydrogen-bond donors (Lipinski definition) is 0. The first-order valence-corrected chi connectivity index (χ1v) is 48.5. The predicted molar refractivity (Wildman–Crippen MR) is 492 cm³/mol. The molecule has 0 aromatic rings. The summed E-state index contributed by atoms with van der Waals surface area (Å²) in [6.07, 6.45) is 37.1. The van der Waals surface area contributed by atoms with Crippen molar-refractivity contribution in [3.63, 3.8) is 0 Å². The zero-order valence-corrected chi connectivity index (χ0v) is 82.9. The lowest BCUT2D eigenvalue weighted by Crippen LogP contribution is -2.55. The average Bonchev–Trinajstić information content (AvgIpc) is 1.18. The Bertz CT molecular complexity index is 1480. The lowest BCUT2D eigenvalue weighted by atomic mass is 9.70. The van der Waals surface area contributed by atoms with Crippen LogP contribution < -0.4 is 0 Å². The van der Waals surface area contributed by atoms with Gasteiger partial charge in [0.25, 0.3) is 0 Å². The Balaban J connectivity index is -0.000000202. The van der Waals surface area contributed by atoms with Crippen LogP contribution in [0.5, 0.6) is 0 Å². The summed E-state index contributed by atoms with van der Waals surface area (Å²) in [5.74, 6) is 6.29. The molecule has 17 aliphatic rings. The van der Waals surface area contributed by atoms with Crippen LogP contribution in [-0.4, -0.2) is 162 Å². The zero-order valence-electron chi connectivity index (χ0n) is 82.9. The van der Waals surface area contributed by atoms with Gasteiger partial charge in [0, 0.05) is 128 Å². The molecular formula is C98H217N7. The van der Waals surface area contributed by atoms with Gasteiger partial charge in [0.2, 0.25) is 0 Å². The van der Waals surface area contributed by atoms with Crippen molar-refractivity contribution in [3.8, 4) is 0 Å². The SMILES string of the molecule is CC.CC.CC.CC.CC.CC.CC.CC.CC.CC.CC.CC.CC.CC.CC(C)(C)N1C2CCC1CC2.CC(C)(C)N1CC2CC(C2)C1.CC(C)(C)N1CC2CC(C2)C1.CC(C)(C)N1CC2CC(C2)C1.CC(C)N1C2CCCC1CC2.CC(C)N1C2CCCC1CC2.CC(C)N1C2CCCC1CC2. The van der Waals surface area contributed by atoms with Crippen LogP contribution >= 0.6 is 0 Å². The van der Waals surface area contributed by atoms with E-state index in [0.29, 0.717) is 22.2 Å². The van der Waals surface area contributed by atoms with E-state index < -0.39 is 0 Å². The molecule has 7 nitrogen and oxygen atoms in total. The number of nitrogens with zero attached hydrogens (tertiary/aromatic N) is 7. The van der Waals surface area contributed by atoms with Gasteiger partial charge in [0.1, 0.15) is 0 Å². The van der Waals surface area contributed by atoms with Crippen LogP contribution in [0.25, 0.3) is 0 Å². The summed E-state index contributed by atoms with van der Waals surface area (Å²) in [4.78, 5) is 18.9. The highest BCUT2D eigenvalue weighted by Crippen LogP contribution is 2.46. The number of piperidine rings is 9. The molecule has 0 radical (unpaired) electrons. The molecule has 3 saturated carbocycles. The summed E-state index contributed by atoms with van der Waals surface area (Å²) in [7, 11) is 0. The van der Waals surface area contributed by atoms with Crippen LogP contribution in [0.1, 0.15) is 479 Å². The lowest BCUT2D eigenvalue weighted by molar-refractivity contribution is -0.0225. The van der Waals surface area contributed by atoms with E-state index in [2.05, 4.69) is 159 Å². The van der Waals surface area contributed by atoms with Crippen molar-refractivity contribution in [1.82, 2.24) is 34.3 Å². The van der Waals surface area contributed by atoms with E-state index in [4.69, 9.17) is 0 Å². The van der Waals surface area contributed by atoms with Gasteiger partial charge in [0.15, 0.2) is 0 Å². The average molecular weight is 1490 g/mol. The fourth-order valence-electron chi connectivity index (χ4n) is 19.3. The van der Waals surface area contributed by atoms with E-state index in [-0.39, 0.29) is 0 Å². The molecule has 6 unspecified atom stereocenters. The van der Waals surface area contributed by atoms with Gasteiger partial charge in [-0.2, -0.15) is 0 Å². The molecule has 14 bridgehead atoms. The second-order valence-electron chi connectivity index (χ2n) is 33.9. The highest BCUT2D eigenvalue weighted by Gasteiger charge is 2.46. The first kappa shape index (κ1) is 118. The summed E-state index contributed by atoms with van der Waals surface area (Å²) in [6, 6.07) is 9.93. The van der Waals surface area contributed by atoms with Crippen molar-refractivity contribution in [2.45, 2.75) is 568 Å². The minimum atomic E-state index is 0.414. The quantitative estimate of drug-likeness (QED) is 0.277. The molecule has 0 spiro atoms. The van der Waals surface area contributed by atoms with Gasteiger partial charge in [-0.05, 0) is 301 Å². The minimum absolute atomic E-state index is 0.414. The highest BCUT2D eigenvalue weighted by molar-refractivity contribution is 5.01. The van der Waals surface area contributed by atoms with Crippen molar-refractivity contribution < 1.29 is 0 Å². The summed E-state index contributed by atoms with van der Waals surface area (Å²) in [6.45, 7) is 106. The van der Waals surface area contributed by atoms with E-state index in [1.807, 2.05) is 194 Å². The standard InChI is InChI=1S/7C10H19N.14C2H6/c3*1-10(2,3)11-6-8-4-9(5-8)7-11;1-10(2,3)11-8-4-5-9(11)7-6-8;3*1-8(2)11-9-4-3-5-10(11)7-6-9;14*1-2/h4*8-9H,4-7H2,1-3H3;3*8-10H,3-7H2,1-2H3;14*1-2H3. The van der Waals surface area contributed by atoms with E-state index in [1.54, 1.807) is 0 Å². The Kier molecular flexibility index (Phi) is 76.6. The van der Waals surface area contributed by atoms with Gasteiger partial charge < -0.3 is 0 Å². The molecule has 0 amide bonds. The Morgan fingerprint density at radius 3 is 0.410 bits per heavy atom. The molecule has 7 heteroatoms. The first-order valence-electron chi connectivity index (χ1n) is 48.5. The first-order chi connectivity index (χ1) is 50.1. The van der Waals surface area contributed by atoms with Crippen LogP contribution in [-0.2, 0) is 0 Å². The van der Waals surface area contributed by atoms with Crippen molar-refractivity contribution >= 4 is 0 Å². The Hall–Kier alpha value is -0.280. The molecule has 3 aliphatic carbocycles. The molecule has 105 heavy (non-hydrogen) atoms. The Morgan fingerprint density at radius 2 is 0.324 bits per heavy atom. The molecule has 14 heterocycles. The maximum atomic E-state index is 2.75. The lowest BCUT2D eigenvalue weighted by Gasteiger charge is -2.52. The van der Waals surface area contributed by atoms with Crippen LogP contribution in [0.2, 0.25) is 0 Å². The van der Waals surface area contributed by atoms with E-state index >= 15 is 0 Å². The molecule has 0 aromatic carbocycles. The van der Waals surface area contributed by atoms with Gasteiger partial charge >= 0.3 is 0 Å². The van der Waals surface area contributed by atoms with Crippen LogP contribution in [0.3, 0.4) is 0 Å². The van der Waals surface area contributed by atoms with Crippen molar-refractivity contribution in [3.05, 3.63) is 0 Å². The summed E-state index contributed by atoms with van der Waals surface area (Å²) in [5, 5.41) is 0. The molecular weight excluding hydrogens is 1280 g/mol. The van der Waals surface area contributed by atoms with E-state index in [1.165, 1.54) is 200 Å². The van der Waals surface area contributed by atoms with Crippen LogP contribution in [0.4, 0.5) is 0 Å². The Morgan fingerprint density at radius 1 is 0.190 bits per heavy atom.